The topological polar surface area (TPSA) is 34.9 Å². The van der Waals surface area contributed by atoms with Gasteiger partial charge in [0.15, 0.2) is 0 Å². The van der Waals surface area contributed by atoms with Crippen molar-refractivity contribution in [1.29, 1.82) is 0 Å². The molecule has 0 unspecified atom stereocenters. The average Bonchev–Trinajstić information content (AvgIpc) is 2.53. The van der Waals surface area contributed by atoms with Gasteiger partial charge in [0.25, 0.3) is 0 Å². The average molecular weight is 176 g/mol. The van der Waals surface area contributed by atoms with Gasteiger partial charge in [-0.15, -0.1) is 0 Å². The Morgan fingerprint density at radius 3 is 2.85 bits per heavy atom. The van der Waals surface area contributed by atoms with Gasteiger partial charge in [-0.3, -0.25) is 9.48 Å². The molecule has 0 radical (unpaired) electrons. The number of hydrogen-bond acceptors (Lipinski definition) is 2. The van der Waals surface area contributed by atoms with Crippen molar-refractivity contribution in [1.82, 2.24) is 9.78 Å². The number of allylic oxidation sites excluding steroid dienone is 2. The molecule has 0 N–H and O–H groups in total. The molecule has 1 aromatic rings. The molecule has 0 fully saturated rings. The standard InChI is InChI=1S/C10H12N2O/c1-12-7-9(6-11-12)8-2-4-10(13)5-3-8/h2,6-7H,3-5H2,1H3. The summed E-state index contributed by atoms with van der Waals surface area (Å²) in [4.78, 5) is 11.0. The number of Topliss-reactive ketones (excluding diaryl/α,β-unsaturated/α-hetero) is 1. The minimum atomic E-state index is 0.340. The van der Waals surface area contributed by atoms with Crippen LogP contribution >= 0.6 is 0 Å². The lowest BCUT2D eigenvalue weighted by Gasteiger charge is -2.09. The van der Waals surface area contributed by atoms with Crippen molar-refractivity contribution in [2.24, 2.45) is 7.05 Å². The zero-order valence-corrected chi connectivity index (χ0v) is 7.66. The van der Waals surface area contributed by atoms with E-state index in [0.29, 0.717) is 18.6 Å². The smallest absolute Gasteiger partial charge is 0.137 e. The van der Waals surface area contributed by atoms with Gasteiger partial charge in [-0.1, -0.05) is 6.08 Å². The molecular formula is C10H12N2O. The van der Waals surface area contributed by atoms with Crippen LogP contribution in [0.25, 0.3) is 5.57 Å². The van der Waals surface area contributed by atoms with E-state index in [1.807, 2.05) is 25.5 Å². The van der Waals surface area contributed by atoms with Crippen LogP contribution < -0.4 is 0 Å². The molecule has 1 aromatic heterocycles. The Labute approximate surface area is 77.1 Å². The fourth-order valence-corrected chi connectivity index (χ4v) is 1.56. The van der Waals surface area contributed by atoms with E-state index in [1.165, 1.54) is 5.57 Å². The maximum Gasteiger partial charge on any atom is 0.137 e. The second-order valence-corrected chi connectivity index (χ2v) is 3.37. The van der Waals surface area contributed by atoms with Crippen LogP contribution in [0.5, 0.6) is 0 Å². The summed E-state index contributed by atoms with van der Waals surface area (Å²) in [6.07, 6.45) is 7.99. The van der Waals surface area contributed by atoms with Gasteiger partial charge in [-0.2, -0.15) is 5.10 Å². The van der Waals surface area contributed by atoms with Crippen molar-refractivity contribution in [2.75, 3.05) is 0 Å². The summed E-state index contributed by atoms with van der Waals surface area (Å²) in [7, 11) is 1.90. The molecule has 1 aliphatic carbocycles. The summed E-state index contributed by atoms with van der Waals surface area (Å²) in [6.45, 7) is 0. The summed E-state index contributed by atoms with van der Waals surface area (Å²) in [5, 5.41) is 4.10. The molecule has 0 aliphatic heterocycles. The fraction of sp³-hybridized carbons (Fsp3) is 0.400. The molecule has 3 heteroatoms. The van der Waals surface area contributed by atoms with Crippen LogP contribution in [0.3, 0.4) is 0 Å². The van der Waals surface area contributed by atoms with Crippen molar-refractivity contribution >= 4 is 11.4 Å². The van der Waals surface area contributed by atoms with Gasteiger partial charge in [0.2, 0.25) is 0 Å². The maximum atomic E-state index is 11.0. The van der Waals surface area contributed by atoms with E-state index < -0.39 is 0 Å². The Bertz CT molecular complexity index is 363. The molecule has 2 rings (SSSR count). The minimum absolute atomic E-state index is 0.340. The highest BCUT2D eigenvalue weighted by Gasteiger charge is 2.12. The predicted octanol–water partition coefficient (Wildman–Crippen LogP) is 1.56. The number of hydrogen-bond donors (Lipinski definition) is 0. The Morgan fingerprint density at radius 2 is 2.31 bits per heavy atom. The number of aromatic nitrogens is 2. The lowest BCUT2D eigenvalue weighted by molar-refractivity contribution is -0.118. The Morgan fingerprint density at radius 1 is 1.46 bits per heavy atom. The molecule has 68 valence electrons. The monoisotopic (exact) mass is 176 g/mol. The Balaban J connectivity index is 2.22. The van der Waals surface area contributed by atoms with Gasteiger partial charge in [0.1, 0.15) is 5.78 Å². The first-order valence-electron chi connectivity index (χ1n) is 4.45. The van der Waals surface area contributed by atoms with E-state index in [0.717, 1.165) is 12.0 Å². The fourth-order valence-electron chi connectivity index (χ4n) is 1.56. The van der Waals surface area contributed by atoms with E-state index in [9.17, 15) is 4.79 Å². The second-order valence-electron chi connectivity index (χ2n) is 3.37. The van der Waals surface area contributed by atoms with Crippen LogP contribution in [0.1, 0.15) is 24.8 Å². The number of carbonyl (C=O) groups excluding carboxylic acids is 1. The minimum Gasteiger partial charge on any atom is -0.299 e. The van der Waals surface area contributed by atoms with Crippen molar-refractivity contribution in [3.8, 4) is 0 Å². The van der Waals surface area contributed by atoms with E-state index in [-0.39, 0.29) is 0 Å². The summed E-state index contributed by atoms with van der Waals surface area (Å²) < 4.78 is 1.78. The van der Waals surface area contributed by atoms with Gasteiger partial charge in [0.05, 0.1) is 6.20 Å². The zero-order valence-electron chi connectivity index (χ0n) is 7.66. The second kappa shape index (κ2) is 3.17. The summed E-state index contributed by atoms with van der Waals surface area (Å²) in [5.41, 5.74) is 2.41. The van der Waals surface area contributed by atoms with Crippen LogP contribution in [0, 0.1) is 0 Å². The molecule has 1 aliphatic rings. The molecule has 3 nitrogen and oxygen atoms in total. The molecule has 1 heterocycles. The highest BCUT2D eigenvalue weighted by atomic mass is 16.1. The van der Waals surface area contributed by atoms with Crippen molar-refractivity contribution in [3.63, 3.8) is 0 Å². The van der Waals surface area contributed by atoms with Crippen molar-refractivity contribution in [3.05, 3.63) is 24.0 Å². The maximum absolute atomic E-state index is 11.0. The molecule has 0 saturated heterocycles. The number of aryl methyl sites for hydroxylation is 1. The van der Waals surface area contributed by atoms with Gasteiger partial charge in [0, 0.05) is 31.6 Å². The normalized spacial score (nSPS) is 17.3. The van der Waals surface area contributed by atoms with Crippen molar-refractivity contribution in [2.45, 2.75) is 19.3 Å². The number of carbonyl (C=O) groups is 1. The predicted molar refractivity (Wildman–Crippen MR) is 50.0 cm³/mol. The molecular weight excluding hydrogens is 164 g/mol. The SMILES string of the molecule is Cn1cc(C2=CCC(=O)CC2)cn1. The molecule has 0 aromatic carbocycles. The number of nitrogens with zero attached hydrogens (tertiary/aromatic N) is 2. The zero-order chi connectivity index (χ0) is 9.26. The summed E-state index contributed by atoms with van der Waals surface area (Å²) in [5.74, 6) is 0.340. The molecule has 0 spiro atoms. The van der Waals surface area contributed by atoms with Crippen molar-refractivity contribution < 1.29 is 4.79 Å². The number of rotatable bonds is 1. The quantitative estimate of drug-likeness (QED) is 0.650. The molecule has 0 bridgehead atoms. The van der Waals surface area contributed by atoms with Gasteiger partial charge in [-0.05, 0) is 12.0 Å². The third-order valence-corrected chi connectivity index (χ3v) is 2.32. The van der Waals surface area contributed by atoms with Gasteiger partial charge in [-0.25, -0.2) is 0 Å². The van der Waals surface area contributed by atoms with E-state index in [2.05, 4.69) is 5.10 Å². The van der Waals surface area contributed by atoms with E-state index in [4.69, 9.17) is 0 Å². The summed E-state index contributed by atoms with van der Waals surface area (Å²) >= 11 is 0. The first-order chi connectivity index (χ1) is 6.25. The van der Waals surface area contributed by atoms with Crippen LogP contribution in [-0.4, -0.2) is 15.6 Å². The number of ketones is 1. The highest BCUT2D eigenvalue weighted by Crippen LogP contribution is 2.24. The van der Waals surface area contributed by atoms with Crippen LogP contribution in [0.15, 0.2) is 18.5 Å². The third-order valence-electron chi connectivity index (χ3n) is 2.32. The lowest BCUT2D eigenvalue weighted by atomic mass is 9.95. The third kappa shape index (κ3) is 1.69. The van der Waals surface area contributed by atoms with Crippen LogP contribution in [0.4, 0.5) is 0 Å². The van der Waals surface area contributed by atoms with Crippen LogP contribution in [0.2, 0.25) is 0 Å². The van der Waals surface area contributed by atoms with E-state index in [1.54, 1.807) is 4.68 Å². The first-order valence-corrected chi connectivity index (χ1v) is 4.45. The summed E-state index contributed by atoms with van der Waals surface area (Å²) in [6, 6.07) is 0. The Kier molecular flexibility index (Phi) is 2.00. The Hall–Kier alpha value is -1.38. The molecule has 0 amide bonds. The largest absolute Gasteiger partial charge is 0.299 e. The van der Waals surface area contributed by atoms with E-state index >= 15 is 0 Å². The molecule has 13 heavy (non-hydrogen) atoms. The highest BCUT2D eigenvalue weighted by molar-refractivity contribution is 5.86. The first kappa shape index (κ1) is 8.23. The lowest BCUT2D eigenvalue weighted by Crippen LogP contribution is -2.02. The molecule has 0 atom stereocenters. The van der Waals surface area contributed by atoms with Gasteiger partial charge >= 0.3 is 0 Å². The van der Waals surface area contributed by atoms with Gasteiger partial charge < -0.3 is 0 Å². The molecule has 0 saturated carbocycles. The van der Waals surface area contributed by atoms with Crippen LogP contribution in [-0.2, 0) is 11.8 Å².